The number of aliphatic carboxylic acids is 1. The van der Waals surface area contributed by atoms with Crippen molar-refractivity contribution in [1.82, 2.24) is 9.80 Å². The van der Waals surface area contributed by atoms with Crippen LogP contribution in [0.3, 0.4) is 0 Å². The number of rotatable bonds is 4. The molecule has 1 heterocycles. The minimum atomic E-state index is -1.04. The van der Waals surface area contributed by atoms with E-state index in [0.717, 1.165) is 19.3 Å². The lowest BCUT2D eigenvalue weighted by Gasteiger charge is -2.30. The summed E-state index contributed by atoms with van der Waals surface area (Å²) in [5.41, 5.74) is 0. The lowest BCUT2D eigenvalue weighted by molar-refractivity contribution is -0.141. The molecule has 0 aromatic heterocycles. The standard InChI is InChI=1S/C12H20N2O4/c1-2-5-13(8-3-4-8)12(18)14-7-9(15)6-10(14)11(16)17/h8-10,15H,2-7H2,1H3,(H,16,17)/t9?,10-/m0/s1. The maximum Gasteiger partial charge on any atom is 0.326 e. The fourth-order valence-electron chi connectivity index (χ4n) is 2.49. The summed E-state index contributed by atoms with van der Waals surface area (Å²) in [5, 5.41) is 18.7. The van der Waals surface area contributed by atoms with Crippen LogP contribution in [0.2, 0.25) is 0 Å². The molecular formula is C12H20N2O4. The van der Waals surface area contributed by atoms with Gasteiger partial charge in [-0.2, -0.15) is 0 Å². The molecule has 18 heavy (non-hydrogen) atoms. The molecule has 2 N–H and O–H groups in total. The molecule has 1 saturated carbocycles. The van der Waals surface area contributed by atoms with Gasteiger partial charge in [-0.15, -0.1) is 0 Å². The average molecular weight is 256 g/mol. The normalized spacial score (nSPS) is 27.3. The second kappa shape index (κ2) is 5.14. The van der Waals surface area contributed by atoms with Crippen molar-refractivity contribution in [2.45, 2.75) is 50.8 Å². The Morgan fingerprint density at radius 3 is 2.56 bits per heavy atom. The number of β-amino-alcohol motifs (C(OH)–C–C–N with tert-alkyl or cyclic N) is 1. The second-order valence-corrected chi connectivity index (χ2v) is 5.10. The number of carboxylic acid groups (broad SMARTS) is 1. The van der Waals surface area contributed by atoms with Crippen LogP contribution in [-0.4, -0.2) is 63.3 Å². The van der Waals surface area contributed by atoms with Gasteiger partial charge in [-0.25, -0.2) is 9.59 Å². The van der Waals surface area contributed by atoms with Gasteiger partial charge in [-0.05, 0) is 19.3 Å². The third-order valence-electron chi connectivity index (χ3n) is 3.51. The van der Waals surface area contributed by atoms with Gasteiger partial charge in [0.1, 0.15) is 6.04 Å². The Labute approximate surface area is 106 Å². The summed E-state index contributed by atoms with van der Waals surface area (Å²) in [4.78, 5) is 26.5. The van der Waals surface area contributed by atoms with Gasteiger partial charge in [-0.1, -0.05) is 6.92 Å². The number of carbonyl (C=O) groups is 2. The van der Waals surface area contributed by atoms with E-state index in [2.05, 4.69) is 0 Å². The predicted molar refractivity (Wildman–Crippen MR) is 64.2 cm³/mol. The van der Waals surface area contributed by atoms with Crippen molar-refractivity contribution in [1.29, 1.82) is 0 Å². The van der Waals surface area contributed by atoms with Crippen LogP contribution in [0.15, 0.2) is 0 Å². The summed E-state index contributed by atoms with van der Waals surface area (Å²) >= 11 is 0. The number of hydrogen-bond acceptors (Lipinski definition) is 3. The molecule has 0 aromatic carbocycles. The van der Waals surface area contributed by atoms with Gasteiger partial charge >= 0.3 is 12.0 Å². The summed E-state index contributed by atoms with van der Waals surface area (Å²) < 4.78 is 0. The van der Waals surface area contributed by atoms with E-state index >= 15 is 0 Å². The smallest absolute Gasteiger partial charge is 0.326 e. The molecule has 6 nitrogen and oxygen atoms in total. The molecule has 1 aliphatic heterocycles. The number of urea groups is 1. The number of aliphatic hydroxyl groups is 1. The number of carbonyl (C=O) groups excluding carboxylic acids is 1. The van der Waals surface area contributed by atoms with Crippen LogP contribution in [0.4, 0.5) is 4.79 Å². The van der Waals surface area contributed by atoms with Gasteiger partial charge < -0.3 is 20.0 Å². The average Bonchev–Trinajstić information content (AvgIpc) is 3.07. The zero-order chi connectivity index (χ0) is 13.3. The lowest BCUT2D eigenvalue weighted by Crippen LogP contribution is -2.49. The highest BCUT2D eigenvalue weighted by atomic mass is 16.4. The Kier molecular flexibility index (Phi) is 3.75. The lowest BCUT2D eigenvalue weighted by atomic mass is 10.2. The van der Waals surface area contributed by atoms with Crippen LogP contribution in [0, 0.1) is 0 Å². The summed E-state index contributed by atoms with van der Waals surface area (Å²) in [6.07, 6.45) is 2.26. The van der Waals surface area contributed by atoms with Crippen molar-refractivity contribution < 1.29 is 19.8 Å². The first kappa shape index (κ1) is 13.1. The van der Waals surface area contributed by atoms with Crippen LogP contribution in [-0.2, 0) is 4.79 Å². The van der Waals surface area contributed by atoms with Crippen molar-refractivity contribution >= 4 is 12.0 Å². The van der Waals surface area contributed by atoms with Gasteiger partial charge in [-0.3, -0.25) is 0 Å². The SMILES string of the molecule is CCCN(C(=O)N1CC(O)C[C@H]1C(=O)O)C1CC1. The Bertz CT molecular complexity index is 343. The highest BCUT2D eigenvalue weighted by molar-refractivity contribution is 5.83. The molecule has 6 heteroatoms. The molecule has 0 bridgehead atoms. The minimum Gasteiger partial charge on any atom is -0.480 e. The number of carboxylic acids is 1. The van der Waals surface area contributed by atoms with E-state index in [1.54, 1.807) is 4.90 Å². The number of aliphatic hydroxyl groups excluding tert-OH is 1. The minimum absolute atomic E-state index is 0.128. The Balaban J connectivity index is 2.08. The first-order valence-corrected chi connectivity index (χ1v) is 6.52. The van der Waals surface area contributed by atoms with Crippen molar-refractivity contribution in [2.75, 3.05) is 13.1 Å². The Morgan fingerprint density at radius 2 is 2.06 bits per heavy atom. The zero-order valence-electron chi connectivity index (χ0n) is 10.6. The second-order valence-electron chi connectivity index (χ2n) is 5.10. The molecule has 0 aromatic rings. The zero-order valence-corrected chi connectivity index (χ0v) is 10.6. The Morgan fingerprint density at radius 1 is 1.39 bits per heavy atom. The van der Waals surface area contributed by atoms with Crippen molar-refractivity contribution in [3.63, 3.8) is 0 Å². The molecule has 2 aliphatic rings. The molecule has 2 rings (SSSR count). The highest BCUT2D eigenvalue weighted by Crippen LogP contribution is 2.30. The quantitative estimate of drug-likeness (QED) is 0.767. The Hall–Kier alpha value is -1.30. The molecule has 2 amide bonds. The third-order valence-corrected chi connectivity index (χ3v) is 3.51. The van der Waals surface area contributed by atoms with E-state index in [0.29, 0.717) is 6.54 Å². The van der Waals surface area contributed by atoms with Crippen LogP contribution < -0.4 is 0 Å². The van der Waals surface area contributed by atoms with E-state index in [4.69, 9.17) is 5.11 Å². The van der Waals surface area contributed by atoms with Gasteiger partial charge in [0.25, 0.3) is 0 Å². The van der Waals surface area contributed by atoms with Crippen molar-refractivity contribution in [3.8, 4) is 0 Å². The van der Waals surface area contributed by atoms with Crippen LogP contribution in [0.5, 0.6) is 0 Å². The summed E-state index contributed by atoms with van der Waals surface area (Å²) in [5.74, 6) is -1.04. The molecule has 1 unspecified atom stereocenters. The topological polar surface area (TPSA) is 81.1 Å². The molecule has 2 fully saturated rings. The van der Waals surface area contributed by atoms with E-state index in [1.165, 1.54) is 4.90 Å². The fraction of sp³-hybridized carbons (Fsp3) is 0.833. The maximum absolute atomic E-state index is 12.4. The molecule has 0 spiro atoms. The molecule has 1 aliphatic carbocycles. The predicted octanol–water partition coefficient (Wildman–Crippen LogP) is 0.501. The van der Waals surface area contributed by atoms with E-state index in [1.807, 2.05) is 6.92 Å². The first-order valence-electron chi connectivity index (χ1n) is 6.52. The molecule has 2 atom stereocenters. The van der Waals surface area contributed by atoms with Gasteiger partial charge in [0.05, 0.1) is 6.10 Å². The van der Waals surface area contributed by atoms with Crippen molar-refractivity contribution in [3.05, 3.63) is 0 Å². The van der Waals surface area contributed by atoms with Gasteiger partial charge in [0.2, 0.25) is 0 Å². The van der Waals surface area contributed by atoms with Crippen LogP contribution >= 0.6 is 0 Å². The first-order chi connectivity index (χ1) is 8.54. The van der Waals surface area contributed by atoms with E-state index < -0.39 is 18.1 Å². The number of nitrogens with zero attached hydrogens (tertiary/aromatic N) is 2. The van der Waals surface area contributed by atoms with Crippen LogP contribution in [0.1, 0.15) is 32.6 Å². The summed E-state index contributed by atoms with van der Waals surface area (Å²) in [7, 11) is 0. The van der Waals surface area contributed by atoms with E-state index in [-0.39, 0.29) is 25.0 Å². The third kappa shape index (κ3) is 2.58. The van der Waals surface area contributed by atoms with E-state index in [9.17, 15) is 14.7 Å². The van der Waals surface area contributed by atoms with Gasteiger partial charge in [0.15, 0.2) is 0 Å². The summed E-state index contributed by atoms with van der Waals surface area (Å²) in [6, 6.07) is -0.849. The molecule has 1 saturated heterocycles. The highest BCUT2D eigenvalue weighted by Gasteiger charge is 2.43. The van der Waals surface area contributed by atoms with Crippen LogP contribution in [0.25, 0.3) is 0 Å². The maximum atomic E-state index is 12.4. The number of amides is 2. The van der Waals surface area contributed by atoms with Gasteiger partial charge in [0, 0.05) is 25.6 Å². The monoisotopic (exact) mass is 256 g/mol. The fourth-order valence-corrected chi connectivity index (χ4v) is 2.49. The number of hydrogen-bond donors (Lipinski definition) is 2. The van der Waals surface area contributed by atoms with Crippen molar-refractivity contribution in [2.24, 2.45) is 0 Å². The number of likely N-dealkylation sites (tertiary alicyclic amines) is 1. The summed E-state index contributed by atoms with van der Waals surface area (Å²) in [6.45, 7) is 2.78. The molecule has 0 radical (unpaired) electrons. The molecular weight excluding hydrogens is 236 g/mol. The molecule has 102 valence electrons. The largest absolute Gasteiger partial charge is 0.480 e.